The van der Waals surface area contributed by atoms with Gasteiger partial charge < -0.3 is 14.4 Å². The average Bonchev–Trinajstić information content (AvgIpc) is 3.35. The van der Waals surface area contributed by atoms with E-state index in [1.807, 2.05) is 0 Å². The van der Waals surface area contributed by atoms with Crippen LogP contribution in [0.2, 0.25) is 0 Å². The quantitative estimate of drug-likeness (QED) is 0.271. The van der Waals surface area contributed by atoms with Crippen LogP contribution in [0.3, 0.4) is 0 Å². The Balaban J connectivity index is 1.63. The zero-order valence-electron chi connectivity index (χ0n) is 20.4. The molecule has 198 valence electrons. The van der Waals surface area contributed by atoms with Crippen molar-refractivity contribution in [3.8, 4) is 34.0 Å². The molecule has 3 aromatic carbocycles. The van der Waals surface area contributed by atoms with E-state index in [4.69, 9.17) is 14.4 Å². The third-order valence-corrected chi connectivity index (χ3v) is 5.76. The average molecular weight is 529 g/mol. The number of likely N-dealkylation sites (N-methyl/N-ethyl adjacent to an activating group) is 1. The molecule has 0 amide bonds. The molecular weight excluding hydrogens is 506 g/mol. The molecule has 0 spiro atoms. The minimum absolute atomic E-state index is 0.0226. The Bertz CT molecular complexity index is 1450. The standard InChI is InChI=1S/C27H23F4N3O4/c1-34(14-24(35)36)13-18-8-7-16(12-23(18)28)25-32-26(38-33-25)17-9-10-20(19(11-17)15-37-2)21-5-3-4-6-22(21)27(29,30)31/h3-12H,13-15H2,1-2H3,(H,35,36). The van der Waals surface area contributed by atoms with Crippen molar-refractivity contribution in [1.82, 2.24) is 15.0 Å². The maximum atomic E-state index is 14.7. The minimum atomic E-state index is -4.53. The minimum Gasteiger partial charge on any atom is -0.480 e. The summed E-state index contributed by atoms with van der Waals surface area (Å²) < 4.78 is 66.1. The van der Waals surface area contributed by atoms with E-state index in [-0.39, 0.29) is 37.0 Å². The fraction of sp³-hybridized carbons (Fsp3) is 0.222. The molecule has 0 saturated heterocycles. The molecule has 1 N–H and O–H groups in total. The lowest BCUT2D eigenvalue weighted by atomic mass is 9.94. The van der Waals surface area contributed by atoms with Crippen LogP contribution in [0.1, 0.15) is 16.7 Å². The van der Waals surface area contributed by atoms with Crippen LogP contribution in [0.5, 0.6) is 0 Å². The van der Waals surface area contributed by atoms with Gasteiger partial charge in [0.15, 0.2) is 0 Å². The number of nitrogens with zero attached hydrogens (tertiary/aromatic N) is 3. The molecule has 0 aliphatic rings. The number of hydrogen-bond acceptors (Lipinski definition) is 6. The number of hydrogen-bond donors (Lipinski definition) is 1. The van der Waals surface area contributed by atoms with Gasteiger partial charge in [-0.25, -0.2) is 4.39 Å². The molecule has 0 bridgehead atoms. The number of benzene rings is 3. The Morgan fingerprint density at radius 1 is 1.03 bits per heavy atom. The predicted molar refractivity (Wildman–Crippen MR) is 130 cm³/mol. The Morgan fingerprint density at radius 3 is 2.45 bits per heavy atom. The van der Waals surface area contributed by atoms with Crippen molar-refractivity contribution in [2.75, 3.05) is 20.7 Å². The summed E-state index contributed by atoms with van der Waals surface area (Å²) in [5.74, 6) is -1.36. The van der Waals surface area contributed by atoms with Crippen molar-refractivity contribution in [2.24, 2.45) is 0 Å². The highest BCUT2D eigenvalue weighted by Gasteiger charge is 2.33. The molecular formula is C27H23F4N3O4. The Kier molecular flexibility index (Phi) is 7.88. The van der Waals surface area contributed by atoms with Crippen LogP contribution in [-0.2, 0) is 28.9 Å². The number of aliphatic carboxylic acids is 1. The SMILES string of the molecule is COCc1cc(-c2nc(-c3ccc(CN(C)CC(=O)O)c(F)c3)no2)ccc1-c1ccccc1C(F)(F)F. The van der Waals surface area contributed by atoms with Crippen molar-refractivity contribution in [1.29, 1.82) is 0 Å². The van der Waals surface area contributed by atoms with E-state index >= 15 is 0 Å². The van der Waals surface area contributed by atoms with Crippen LogP contribution >= 0.6 is 0 Å². The fourth-order valence-electron chi connectivity index (χ4n) is 4.08. The van der Waals surface area contributed by atoms with Gasteiger partial charge >= 0.3 is 12.1 Å². The first-order chi connectivity index (χ1) is 18.1. The molecule has 0 saturated carbocycles. The highest BCUT2D eigenvalue weighted by Crippen LogP contribution is 2.39. The summed E-state index contributed by atoms with van der Waals surface area (Å²) in [5, 5.41) is 12.8. The molecule has 7 nitrogen and oxygen atoms in total. The smallest absolute Gasteiger partial charge is 0.417 e. The molecule has 0 unspecified atom stereocenters. The molecule has 1 heterocycles. The molecule has 0 aliphatic carbocycles. The topological polar surface area (TPSA) is 88.7 Å². The number of carboxylic acid groups (broad SMARTS) is 1. The molecule has 1 aromatic heterocycles. The molecule has 4 aromatic rings. The summed E-state index contributed by atoms with van der Waals surface area (Å²) >= 11 is 0. The van der Waals surface area contributed by atoms with Gasteiger partial charge in [0.25, 0.3) is 5.89 Å². The first-order valence-electron chi connectivity index (χ1n) is 11.4. The highest BCUT2D eigenvalue weighted by molar-refractivity contribution is 5.74. The maximum absolute atomic E-state index is 14.7. The normalized spacial score (nSPS) is 11.8. The number of methoxy groups -OCH3 is 1. The largest absolute Gasteiger partial charge is 0.480 e. The number of rotatable bonds is 9. The van der Waals surface area contributed by atoms with E-state index in [2.05, 4.69) is 10.1 Å². The summed E-state index contributed by atoms with van der Waals surface area (Å²) in [5.41, 5.74) is 1.21. The molecule has 11 heteroatoms. The van der Waals surface area contributed by atoms with Crippen LogP contribution in [0.25, 0.3) is 34.0 Å². The van der Waals surface area contributed by atoms with Crippen LogP contribution in [0.4, 0.5) is 17.6 Å². The second kappa shape index (κ2) is 11.1. The number of carboxylic acids is 1. The molecule has 0 radical (unpaired) electrons. The van der Waals surface area contributed by atoms with Crippen molar-refractivity contribution >= 4 is 5.97 Å². The van der Waals surface area contributed by atoms with E-state index in [0.29, 0.717) is 27.8 Å². The van der Waals surface area contributed by atoms with E-state index in [9.17, 15) is 22.4 Å². The molecule has 0 fully saturated rings. The number of halogens is 4. The Morgan fingerprint density at radius 2 is 1.76 bits per heavy atom. The van der Waals surface area contributed by atoms with Crippen molar-refractivity contribution in [2.45, 2.75) is 19.3 Å². The summed E-state index contributed by atoms with van der Waals surface area (Å²) in [4.78, 5) is 16.6. The monoisotopic (exact) mass is 529 g/mol. The summed E-state index contributed by atoms with van der Waals surface area (Å²) in [6.07, 6.45) is -4.53. The first-order valence-corrected chi connectivity index (χ1v) is 11.4. The summed E-state index contributed by atoms with van der Waals surface area (Å²) in [6.45, 7) is -0.0949. The van der Waals surface area contributed by atoms with E-state index in [1.165, 1.54) is 42.3 Å². The number of aromatic nitrogens is 2. The van der Waals surface area contributed by atoms with Crippen LogP contribution < -0.4 is 0 Å². The summed E-state index contributed by atoms with van der Waals surface area (Å²) in [6, 6.07) is 14.4. The van der Waals surface area contributed by atoms with E-state index in [1.54, 1.807) is 31.3 Å². The zero-order chi connectivity index (χ0) is 27.4. The molecule has 4 rings (SSSR count). The fourth-order valence-corrected chi connectivity index (χ4v) is 4.08. The van der Waals surface area contributed by atoms with Crippen molar-refractivity contribution in [3.05, 3.63) is 83.2 Å². The zero-order valence-corrected chi connectivity index (χ0v) is 20.4. The van der Waals surface area contributed by atoms with Crippen molar-refractivity contribution in [3.63, 3.8) is 0 Å². The van der Waals surface area contributed by atoms with Gasteiger partial charge in [0.2, 0.25) is 5.82 Å². The predicted octanol–water partition coefficient (Wildman–Crippen LogP) is 5.89. The van der Waals surface area contributed by atoms with Crippen LogP contribution in [0, 0.1) is 5.82 Å². The van der Waals surface area contributed by atoms with Gasteiger partial charge in [0, 0.05) is 30.3 Å². The van der Waals surface area contributed by atoms with Gasteiger partial charge in [0.05, 0.1) is 18.7 Å². The van der Waals surface area contributed by atoms with Gasteiger partial charge in [-0.05, 0) is 48.0 Å². The number of ether oxygens (including phenoxy) is 1. The number of alkyl halides is 3. The first kappa shape index (κ1) is 27.0. The third-order valence-electron chi connectivity index (χ3n) is 5.76. The van der Waals surface area contributed by atoms with E-state index in [0.717, 1.165) is 6.07 Å². The van der Waals surface area contributed by atoms with Crippen LogP contribution in [-0.4, -0.2) is 46.8 Å². The molecule has 0 atom stereocenters. The lowest BCUT2D eigenvalue weighted by Crippen LogP contribution is -2.25. The lowest BCUT2D eigenvalue weighted by Gasteiger charge is -2.16. The van der Waals surface area contributed by atoms with Crippen LogP contribution in [0.15, 0.2) is 65.2 Å². The summed E-state index contributed by atoms with van der Waals surface area (Å²) in [7, 11) is 3.01. The second-order valence-corrected chi connectivity index (χ2v) is 8.64. The second-order valence-electron chi connectivity index (χ2n) is 8.64. The van der Waals surface area contributed by atoms with E-state index < -0.39 is 23.5 Å². The lowest BCUT2D eigenvalue weighted by molar-refractivity contribution is -0.138. The Labute approximate surface area is 215 Å². The van der Waals surface area contributed by atoms with Crippen molar-refractivity contribution < 1.29 is 36.7 Å². The van der Waals surface area contributed by atoms with Gasteiger partial charge in [0.1, 0.15) is 5.82 Å². The molecule has 0 aliphatic heterocycles. The van der Waals surface area contributed by atoms with Gasteiger partial charge in [-0.2, -0.15) is 18.2 Å². The number of carbonyl (C=O) groups is 1. The Hall–Kier alpha value is -4.09. The maximum Gasteiger partial charge on any atom is 0.417 e. The van der Waals surface area contributed by atoms with Gasteiger partial charge in [-0.1, -0.05) is 41.6 Å². The van der Waals surface area contributed by atoms with Gasteiger partial charge in [-0.3, -0.25) is 9.69 Å². The third kappa shape index (κ3) is 6.06. The van der Waals surface area contributed by atoms with Gasteiger partial charge in [-0.15, -0.1) is 0 Å². The highest BCUT2D eigenvalue weighted by atomic mass is 19.4. The molecule has 38 heavy (non-hydrogen) atoms.